The lowest BCUT2D eigenvalue weighted by Gasteiger charge is -2.04. The van der Waals surface area contributed by atoms with Crippen molar-refractivity contribution in [3.63, 3.8) is 0 Å². The second-order valence-electron chi connectivity index (χ2n) is 18.2. The van der Waals surface area contributed by atoms with Crippen LogP contribution in [0.1, 0.15) is 328 Å². The molecule has 0 aromatic rings. The second kappa shape index (κ2) is 56.5. The number of hydrogen-bond donors (Lipinski definition) is 2. The number of nitrogens with two attached hydrogens (primary N) is 1. The van der Waals surface area contributed by atoms with Gasteiger partial charge in [-0.05, 0) is 19.4 Å². The van der Waals surface area contributed by atoms with E-state index in [-0.39, 0.29) is 0 Å². The largest absolute Gasteiger partial charge is 0.481 e. The molecule has 0 rings (SSSR count). The average Bonchev–Trinajstić information content (AvgIpc) is 3.20. The number of carboxylic acids is 1. The molecule has 0 bridgehead atoms. The van der Waals surface area contributed by atoms with Crippen LogP contribution in [0.15, 0.2) is 0 Å². The van der Waals surface area contributed by atoms with Crippen molar-refractivity contribution < 1.29 is 9.90 Å². The molecule has 0 amide bonds. The molecule has 56 heavy (non-hydrogen) atoms. The highest BCUT2D eigenvalue weighted by Crippen LogP contribution is 2.18. The Labute approximate surface area is 355 Å². The lowest BCUT2D eigenvalue weighted by Crippen LogP contribution is -1.97. The van der Waals surface area contributed by atoms with Crippen LogP contribution in [0.5, 0.6) is 0 Å². The fraction of sp³-hybridized carbons (Fsp3) is 0.981. The summed E-state index contributed by atoms with van der Waals surface area (Å²) in [4.78, 5) is 10.4. The van der Waals surface area contributed by atoms with E-state index in [0.29, 0.717) is 6.42 Å². The van der Waals surface area contributed by atoms with E-state index in [9.17, 15) is 4.79 Å². The number of carboxylic acid groups (broad SMARTS) is 1. The Morgan fingerprint density at radius 3 is 0.554 bits per heavy atom. The van der Waals surface area contributed by atoms with E-state index in [1.165, 1.54) is 295 Å². The summed E-state index contributed by atoms with van der Waals surface area (Å²) in [7, 11) is 0. The average molecular weight is 792 g/mol. The van der Waals surface area contributed by atoms with Crippen LogP contribution in [0.3, 0.4) is 0 Å². The van der Waals surface area contributed by atoms with Crippen molar-refractivity contribution >= 4 is 5.97 Å². The van der Waals surface area contributed by atoms with Crippen LogP contribution in [-0.4, -0.2) is 17.6 Å². The lowest BCUT2D eigenvalue weighted by molar-refractivity contribution is -0.137. The van der Waals surface area contributed by atoms with Crippen molar-refractivity contribution in [1.29, 1.82) is 0 Å². The molecule has 0 unspecified atom stereocenters. The zero-order chi connectivity index (χ0) is 40.9. The minimum atomic E-state index is -0.649. The number of carbonyl (C=O) groups is 1. The van der Waals surface area contributed by atoms with Crippen molar-refractivity contribution in [3.8, 4) is 0 Å². The van der Waals surface area contributed by atoms with Gasteiger partial charge in [-0.25, -0.2) is 0 Å². The maximum absolute atomic E-state index is 10.4. The fourth-order valence-corrected chi connectivity index (χ4v) is 8.35. The molecule has 3 N–H and O–H groups in total. The molecule has 0 aliphatic heterocycles. The van der Waals surface area contributed by atoms with Crippen LogP contribution in [0, 0.1) is 0 Å². The third-order valence-electron chi connectivity index (χ3n) is 12.3. The Bertz CT molecular complexity index is 642. The molecule has 0 aromatic heterocycles. The van der Waals surface area contributed by atoms with Gasteiger partial charge < -0.3 is 10.8 Å². The number of rotatable bonds is 49. The fourth-order valence-electron chi connectivity index (χ4n) is 8.35. The predicted octanol–water partition coefficient (Wildman–Crippen LogP) is 19.2. The summed E-state index contributed by atoms with van der Waals surface area (Å²) >= 11 is 0. The van der Waals surface area contributed by atoms with Gasteiger partial charge in [-0.2, -0.15) is 0 Å². The highest BCUT2D eigenvalue weighted by Gasteiger charge is 1.99. The first-order valence-electron chi connectivity index (χ1n) is 26.6. The van der Waals surface area contributed by atoms with Gasteiger partial charge in [-0.3, -0.25) is 4.79 Å². The molecule has 0 fully saturated rings. The predicted molar refractivity (Wildman–Crippen MR) is 254 cm³/mol. The van der Waals surface area contributed by atoms with Crippen LogP contribution in [-0.2, 0) is 4.79 Å². The maximum Gasteiger partial charge on any atom is 0.303 e. The van der Waals surface area contributed by atoms with Crippen LogP contribution in [0.2, 0.25) is 0 Å². The van der Waals surface area contributed by atoms with Crippen LogP contribution in [0.4, 0.5) is 0 Å². The third-order valence-corrected chi connectivity index (χ3v) is 12.3. The summed E-state index contributed by atoms with van der Waals surface area (Å²) < 4.78 is 0. The van der Waals surface area contributed by atoms with E-state index in [1.54, 1.807) is 0 Å². The highest BCUT2D eigenvalue weighted by atomic mass is 16.4. The van der Waals surface area contributed by atoms with Crippen LogP contribution >= 0.6 is 0 Å². The van der Waals surface area contributed by atoms with Gasteiger partial charge in [-0.1, -0.05) is 309 Å². The molecule has 0 atom stereocenters. The molecule has 0 saturated carbocycles. The van der Waals surface area contributed by atoms with E-state index in [0.717, 1.165) is 19.4 Å². The molecule has 0 aromatic carbocycles. The first-order chi connectivity index (χ1) is 27.7. The van der Waals surface area contributed by atoms with Gasteiger partial charge >= 0.3 is 5.97 Å². The second-order valence-corrected chi connectivity index (χ2v) is 18.2. The summed E-state index contributed by atoms with van der Waals surface area (Å²) in [5, 5.41) is 8.59. The van der Waals surface area contributed by atoms with Gasteiger partial charge in [0.25, 0.3) is 0 Å². The van der Waals surface area contributed by atoms with Crippen molar-refractivity contribution in [2.24, 2.45) is 5.73 Å². The molecule has 0 aliphatic rings. The minimum Gasteiger partial charge on any atom is -0.481 e. The Hall–Kier alpha value is -0.570. The molecule has 0 saturated heterocycles. The monoisotopic (exact) mass is 792 g/mol. The van der Waals surface area contributed by atoms with Crippen molar-refractivity contribution in [2.75, 3.05) is 6.54 Å². The van der Waals surface area contributed by atoms with Crippen LogP contribution in [0.25, 0.3) is 0 Å². The standard InChI is InChI=1S/C27H54O2.C26H55N/c1-2-3-4-5-6-7-8-9-10-11-12-13-14-15-16-17-18-19-20-21-22-23-24-25-26-27(28)29;1-2-3-4-5-6-7-8-9-10-11-12-13-14-15-16-17-18-19-20-21-22-23-24-25-26-27/h2-26H2,1H3,(H,28,29);2-27H2,1H3. The smallest absolute Gasteiger partial charge is 0.303 e. The van der Waals surface area contributed by atoms with Crippen molar-refractivity contribution in [2.45, 2.75) is 328 Å². The van der Waals surface area contributed by atoms with Gasteiger partial charge in [-0.15, -0.1) is 0 Å². The number of hydrogen-bond acceptors (Lipinski definition) is 2. The summed E-state index contributed by atoms with van der Waals surface area (Å²) in [6.45, 7) is 5.47. The summed E-state index contributed by atoms with van der Waals surface area (Å²) in [6.07, 6.45) is 68.3. The molecule has 0 heterocycles. The van der Waals surface area contributed by atoms with Crippen molar-refractivity contribution in [1.82, 2.24) is 0 Å². The Morgan fingerprint density at radius 1 is 0.268 bits per heavy atom. The molecule has 3 heteroatoms. The van der Waals surface area contributed by atoms with E-state index < -0.39 is 5.97 Å². The highest BCUT2D eigenvalue weighted by molar-refractivity contribution is 5.66. The minimum absolute atomic E-state index is 0.346. The molecule has 338 valence electrons. The van der Waals surface area contributed by atoms with Crippen LogP contribution < -0.4 is 5.73 Å². The van der Waals surface area contributed by atoms with E-state index in [4.69, 9.17) is 10.8 Å². The van der Waals surface area contributed by atoms with Gasteiger partial charge in [0.15, 0.2) is 0 Å². The van der Waals surface area contributed by atoms with E-state index >= 15 is 0 Å². The maximum atomic E-state index is 10.4. The molecular formula is C53H109NO2. The Morgan fingerprint density at radius 2 is 0.411 bits per heavy atom. The Balaban J connectivity index is 0. The summed E-state index contributed by atoms with van der Waals surface area (Å²) in [5.74, 6) is -0.649. The molecule has 0 aliphatic carbocycles. The van der Waals surface area contributed by atoms with Gasteiger partial charge in [0.2, 0.25) is 0 Å². The Kier molecular flexibility index (Phi) is 58.1. The molecular weight excluding hydrogens is 683 g/mol. The summed E-state index contributed by atoms with van der Waals surface area (Å²) in [6, 6.07) is 0. The van der Waals surface area contributed by atoms with Gasteiger partial charge in [0.1, 0.15) is 0 Å². The zero-order valence-electron chi connectivity index (χ0n) is 39.3. The lowest BCUT2D eigenvalue weighted by atomic mass is 10.0. The SMILES string of the molecule is CCCCCCCCCCCCCCCCCCCCCCCCCCC(=O)O.CCCCCCCCCCCCCCCCCCCCCCCCCCN. The third kappa shape index (κ3) is 60.1. The molecule has 3 nitrogen and oxygen atoms in total. The first kappa shape index (κ1) is 57.5. The topological polar surface area (TPSA) is 63.3 Å². The number of aliphatic carboxylic acids is 1. The first-order valence-corrected chi connectivity index (χ1v) is 26.6. The van der Waals surface area contributed by atoms with E-state index in [1.807, 2.05) is 0 Å². The van der Waals surface area contributed by atoms with E-state index in [2.05, 4.69) is 13.8 Å². The molecule has 0 radical (unpaired) electrons. The normalized spacial score (nSPS) is 11.3. The summed E-state index contributed by atoms with van der Waals surface area (Å²) in [5.41, 5.74) is 5.52. The molecule has 0 spiro atoms. The quantitative estimate of drug-likeness (QED) is 0.0603. The number of unbranched alkanes of at least 4 members (excludes halogenated alkanes) is 46. The van der Waals surface area contributed by atoms with Gasteiger partial charge in [0.05, 0.1) is 0 Å². The van der Waals surface area contributed by atoms with Crippen molar-refractivity contribution in [3.05, 3.63) is 0 Å². The zero-order valence-corrected chi connectivity index (χ0v) is 39.3. The van der Waals surface area contributed by atoms with Gasteiger partial charge in [0, 0.05) is 6.42 Å².